The monoisotopic (exact) mass is 254 g/mol. The van der Waals surface area contributed by atoms with Gasteiger partial charge in [-0.15, -0.1) is 0 Å². The number of likely N-dealkylation sites (N-methyl/N-ethyl adjacent to an activating group) is 1. The Balaban J connectivity index is 1.89. The van der Waals surface area contributed by atoms with Crippen LogP contribution < -0.4 is 5.32 Å². The molecular formula is C14H26N2O2. The van der Waals surface area contributed by atoms with E-state index in [4.69, 9.17) is 4.74 Å². The third-order valence-corrected chi connectivity index (χ3v) is 3.92. The Morgan fingerprint density at radius 3 is 2.67 bits per heavy atom. The van der Waals surface area contributed by atoms with Crippen LogP contribution in [0.25, 0.3) is 0 Å². The lowest BCUT2D eigenvalue weighted by Gasteiger charge is -2.37. The highest BCUT2D eigenvalue weighted by molar-refractivity contribution is 5.67. The molecule has 0 spiro atoms. The molecule has 2 atom stereocenters. The first-order valence-electron chi connectivity index (χ1n) is 7.38. The molecule has 0 aromatic rings. The summed E-state index contributed by atoms with van der Waals surface area (Å²) >= 11 is 0. The maximum absolute atomic E-state index is 11.9. The molecule has 1 saturated heterocycles. The second kappa shape index (κ2) is 6.41. The Kier molecular flexibility index (Phi) is 4.87. The number of nitrogens with one attached hydrogen (secondary N) is 1. The van der Waals surface area contributed by atoms with E-state index in [-0.39, 0.29) is 6.09 Å². The molecule has 0 aromatic heterocycles. The van der Waals surface area contributed by atoms with E-state index in [0.717, 1.165) is 25.6 Å². The van der Waals surface area contributed by atoms with E-state index >= 15 is 0 Å². The number of piperidine rings is 1. The SMILES string of the molecule is CCNC1CC(CC2CC2)CN(C(=O)OCC)C1. The minimum atomic E-state index is -0.138. The van der Waals surface area contributed by atoms with Crippen LogP contribution in [-0.2, 0) is 4.74 Å². The van der Waals surface area contributed by atoms with Crippen LogP contribution in [0, 0.1) is 11.8 Å². The van der Waals surface area contributed by atoms with Gasteiger partial charge >= 0.3 is 6.09 Å². The molecule has 1 amide bonds. The molecule has 1 saturated carbocycles. The second-order valence-electron chi connectivity index (χ2n) is 5.64. The van der Waals surface area contributed by atoms with Crippen molar-refractivity contribution in [1.29, 1.82) is 0 Å². The summed E-state index contributed by atoms with van der Waals surface area (Å²) in [5.41, 5.74) is 0. The number of carbonyl (C=O) groups excluding carboxylic acids is 1. The fraction of sp³-hybridized carbons (Fsp3) is 0.929. The van der Waals surface area contributed by atoms with Crippen molar-refractivity contribution in [3.8, 4) is 0 Å². The van der Waals surface area contributed by atoms with Gasteiger partial charge in [-0.25, -0.2) is 4.79 Å². The average Bonchev–Trinajstić information content (AvgIpc) is 3.13. The van der Waals surface area contributed by atoms with Crippen LogP contribution in [0.1, 0.15) is 39.5 Å². The molecule has 1 aliphatic carbocycles. The Hall–Kier alpha value is -0.770. The van der Waals surface area contributed by atoms with Crippen LogP contribution in [0.3, 0.4) is 0 Å². The van der Waals surface area contributed by atoms with Gasteiger partial charge in [-0.05, 0) is 38.1 Å². The highest BCUT2D eigenvalue weighted by Crippen LogP contribution is 2.37. The lowest BCUT2D eigenvalue weighted by atomic mass is 9.90. The van der Waals surface area contributed by atoms with Gasteiger partial charge in [0.2, 0.25) is 0 Å². The van der Waals surface area contributed by atoms with Crippen molar-refractivity contribution in [3.63, 3.8) is 0 Å². The van der Waals surface area contributed by atoms with Gasteiger partial charge in [0.1, 0.15) is 0 Å². The molecule has 2 aliphatic rings. The highest BCUT2D eigenvalue weighted by Gasteiger charge is 2.33. The Labute approximate surface area is 110 Å². The first-order valence-corrected chi connectivity index (χ1v) is 7.38. The van der Waals surface area contributed by atoms with E-state index in [0.29, 0.717) is 18.6 Å². The summed E-state index contributed by atoms with van der Waals surface area (Å²) in [6.07, 6.45) is 5.14. The van der Waals surface area contributed by atoms with Crippen LogP contribution in [0.2, 0.25) is 0 Å². The third kappa shape index (κ3) is 3.87. The summed E-state index contributed by atoms with van der Waals surface area (Å²) in [6.45, 7) is 7.11. The Morgan fingerprint density at radius 1 is 1.28 bits per heavy atom. The van der Waals surface area contributed by atoms with Crippen molar-refractivity contribution in [2.75, 3.05) is 26.2 Å². The van der Waals surface area contributed by atoms with E-state index in [2.05, 4.69) is 12.2 Å². The quantitative estimate of drug-likeness (QED) is 0.818. The molecule has 2 unspecified atom stereocenters. The molecule has 18 heavy (non-hydrogen) atoms. The van der Waals surface area contributed by atoms with Crippen molar-refractivity contribution < 1.29 is 9.53 Å². The first kappa shape index (κ1) is 13.7. The topological polar surface area (TPSA) is 41.6 Å². The molecular weight excluding hydrogens is 228 g/mol. The Bertz CT molecular complexity index is 279. The maximum atomic E-state index is 11.9. The number of carbonyl (C=O) groups is 1. The fourth-order valence-corrected chi connectivity index (χ4v) is 3.00. The fourth-order valence-electron chi connectivity index (χ4n) is 3.00. The predicted molar refractivity (Wildman–Crippen MR) is 71.5 cm³/mol. The smallest absolute Gasteiger partial charge is 0.409 e. The minimum absolute atomic E-state index is 0.138. The van der Waals surface area contributed by atoms with Crippen LogP contribution in [0.5, 0.6) is 0 Å². The van der Waals surface area contributed by atoms with Crippen LogP contribution >= 0.6 is 0 Å². The third-order valence-electron chi connectivity index (χ3n) is 3.92. The lowest BCUT2D eigenvalue weighted by Crippen LogP contribution is -2.51. The molecule has 1 aliphatic heterocycles. The minimum Gasteiger partial charge on any atom is -0.450 e. The van der Waals surface area contributed by atoms with E-state index in [9.17, 15) is 4.79 Å². The molecule has 0 bridgehead atoms. The number of likely N-dealkylation sites (tertiary alicyclic amines) is 1. The number of hydrogen-bond acceptors (Lipinski definition) is 3. The molecule has 2 fully saturated rings. The van der Waals surface area contributed by atoms with Crippen LogP contribution in [0.15, 0.2) is 0 Å². The van der Waals surface area contributed by atoms with Gasteiger partial charge in [0.05, 0.1) is 6.61 Å². The van der Waals surface area contributed by atoms with Gasteiger partial charge in [0.15, 0.2) is 0 Å². The second-order valence-corrected chi connectivity index (χ2v) is 5.64. The average molecular weight is 254 g/mol. The van der Waals surface area contributed by atoms with Crippen molar-refractivity contribution in [3.05, 3.63) is 0 Å². The van der Waals surface area contributed by atoms with Gasteiger partial charge in [0, 0.05) is 19.1 Å². The number of ether oxygens (including phenoxy) is 1. The number of amides is 1. The van der Waals surface area contributed by atoms with Crippen molar-refractivity contribution in [1.82, 2.24) is 10.2 Å². The zero-order valence-corrected chi connectivity index (χ0v) is 11.7. The van der Waals surface area contributed by atoms with Gasteiger partial charge in [-0.1, -0.05) is 19.8 Å². The normalized spacial score (nSPS) is 28.2. The molecule has 1 heterocycles. The Morgan fingerprint density at radius 2 is 2.06 bits per heavy atom. The number of rotatable bonds is 5. The molecule has 0 aromatic carbocycles. The molecule has 4 heteroatoms. The van der Waals surface area contributed by atoms with Gasteiger partial charge in [0.25, 0.3) is 0 Å². The van der Waals surface area contributed by atoms with E-state index in [1.54, 1.807) is 0 Å². The molecule has 1 N–H and O–H groups in total. The van der Waals surface area contributed by atoms with Crippen LogP contribution in [-0.4, -0.2) is 43.3 Å². The standard InChI is InChI=1S/C14H26N2O2/c1-3-15-13-8-12(7-11-5-6-11)9-16(10-13)14(17)18-4-2/h11-13,15H,3-10H2,1-2H3. The summed E-state index contributed by atoms with van der Waals surface area (Å²) in [4.78, 5) is 13.8. The summed E-state index contributed by atoms with van der Waals surface area (Å²) in [6, 6.07) is 0.442. The summed E-state index contributed by atoms with van der Waals surface area (Å²) in [5, 5.41) is 3.49. The van der Waals surface area contributed by atoms with E-state index in [1.807, 2.05) is 11.8 Å². The maximum Gasteiger partial charge on any atom is 0.409 e. The lowest BCUT2D eigenvalue weighted by molar-refractivity contribution is 0.0766. The number of nitrogens with zero attached hydrogens (tertiary/aromatic N) is 1. The van der Waals surface area contributed by atoms with Gasteiger partial charge in [-0.3, -0.25) is 0 Å². The largest absolute Gasteiger partial charge is 0.450 e. The molecule has 104 valence electrons. The first-order chi connectivity index (χ1) is 8.72. The molecule has 2 rings (SSSR count). The number of hydrogen-bond donors (Lipinski definition) is 1. The van der Waals surface area contributed by atoms with Crippen molar-refractivity contribution >= 4 is 6.09 Å². The highest BCUT2D eigenvalue weighted by atomic mass is 16.6. The summed E-state index contributed by atoms with van der Waals surface area (Å²) < 4.78 is 5.14. The van der Waals surface area contributed by atoms with E-state index < -0.39 is 0 Å². The summed E-state index contributed by atoms with van der Waals surface area (Å²) in [7, 11) is 0. The predicted octanol–water partition coefficient (Wildman–Crippen LogP) is 2.24. The zero-order chi connectivity index (χ0) is 13.0. The molecule has 0 radical (unpaired) electrons. The van der Waals surface area contributed by atoms with Gasteiger partial charge in [-0.2, -0.15) is 0 Å². The van der Waals surface area contributed by atoms with Crippen molar-refractivity contribution in [2.24, 2.45) is 11.8 Å². The van der Waals surface area contributed by atoms with Crippen molar-refractivity contribution in [2.45, 2.75) is 45.6 Å². The van der Waals surface area contributed by atoms with Crippen LogP contribution in [0.4, 0.5) is 4.79 Å². The zero-order valence-electron chi connectivity index (χ0n) is 11.7. The van der Waals surface area contributed by atoms with Gasteiger partial charge < -0.3 is 15.0 Å². The molecule has 4 nitrogen and oxygen atoms in total. The summed E-state index contributed by atoms with van der Waals surface area (Å²) in [5.74, 6) is 1.58. The van der Waals surface area contributed by atoms with E-state index in [1.165, 1.54) is 25.7 Å².